The molecule has 0 saturated carbocycles. The lowest BCUT2D eigenvalue weighted by molar-refractivity contribution is -0.122. The van der Waals surface area contributed by atoms with Crippen LogP contribution in [-0.4, -0.2) is 46.9 Å². The zero-order chi connectivity index (χ0) is 21.2. The van der Waals surface area contributed by atoms with E-state index in [4.69, 9.17) is 25.8 Å². The van der Waals surface area contributed by atoms with Crippen molar-refractivity contribution in [1.29, 1.82) is 0 Å². The highest BCUT2D eigenvalue weighted by Crippen LogP contribution is 2.38. The third-order valence-electron chi connectivity index (χ3n) is 4.46. The lowest BCUT2D eigenvalue weighted by Gasteiger charge is -2.34. The van der Waals surface area contributed by atoms with E-state index in [1.54, 1.807) is 31.2 Å². The van der Waals surface area contributed by atoms with E-state index < -0.39 is 22.0 Å². The summed E-state index contributed by atoms with van der Waals surface area (Å²) in [6.07, 6.45) is -1.06. The summed E-state index contributed by atoms with van der Waals surface area (Å²) in [6, 6.07) is 9.73. The Morgan fingerprint density at radius 1 is 1.24 bits per heavy atom. The van der Waals surface area contributed by atoms with Crippen molar-refractivity contribution in [3.63, 3.8) is 0 Å². The highest BCUT2D eigenvalue weighted by atomic mass is 35.5. The second-order valence-corrected chi connectivity index (χ2v) is 8.77. The average Bonchev–Trinajstić information content (AvgIpc) is 2.73. The number of amides is 1. The van der Waals surface area contributed by atoms with Crippen LogP contribution in [0.25, 0.3) is 0 Å². The Kier molecular flexibility index (Phi) is 6.09. The van der Waals surface area contributed by atoms with Crippen LogP contribution in [0.15, 0.2) is 36.4 Å². The first kappa shape index (κ1) is 21.1. The molecule has 0 radical (unpaired) electrons. The molecule has 1 aliphatic heterocycles. The number of halogens is 1. The highest BCUT2D eigenvalue weighted by Gasteiger charge is 2.36. The van der Waals surface area contributed by atoms with Gasteiger partial charge in [-0.25, -0.2) is 8.42 Å². The van der Waals surface area contributed by atoms with Crippen molar-refractivity contribution in [2.75, 3.05) is 36.1 Å². The predicted octanol–water partition coefficient (Wildman–Crippen LogP) is 2.91. The number of nitrogens with zero attached hydrogens (tertiary/aromatic N) is 1. The number of carbonyl (C=O) groups excluding carboxylic acids is 1. The first-order valence-electron chi connectivity index (χ1n) is 8.79. The summed E-state index contributed by atoms with van der Waals surface area (Å²) in [7, 11) is -0.698. The van der Waals surface area contributed by atoms with Gasteiger partial charge in [-0.05, 0) is 19.1 Å². The highest BCUT2D eigenvalue weighted by molar-refractivity contribution is 7.92. The normalized spacial score (nSPS) is 15.9. The van der Waals surface area contributed by atoms with Crippen molar-refractivity contribution >= 4 is 38.9 Å². The van der Waals surface area contributed by atoms with E-state index in [0.29, 0.717) is 33.6 Å². The molecule has 0 unspecified atom stereocenters. The van der Waals surface area contributed by atoms with Crippen LogP contribution in [0.1, 0.15) is 6.92 Å². The number of anilines is 2. The van der Waals surface area contributed by atoms with Crippen molar-refractivity contribution in [1.82, 2.24) is 0 Å². The van der Waals surface area contributed by atoms with Crippen molar-refractivity contribution in [3.05, 3.63) is 41.4 Å². The lowest BCUT2D eigenvalue weighted by atomic mass is 10.2. The van der Waals surface area contributed by atoms with Crippen molar-refractivity contribution in [2.45, 2.75) is 13.0 Å². The fourth-order valence-electron chi connectivity index (χ4n) is 2.93. The maximum atomic E-state index is 12.9. The first-order chi connectivity index (χ1) is 13.8. The number of carbonyl (C=O) groups is 1. The molecule has 2 aromatic carbocycles. The molecule has 29 heavy (non-hydrogen) atoms. The summed E-state index contributed by atoms with van der Waals surface area (Å²) in [5, 5.41) is 3.03. The summed E-state index contributed by atoms with van der Waals surface area (Å²) in [5.74, 6) is 0.374. The molecule has 1 N–H and O–H groups in total. The molecule has 3 rings (SSSR count). The van der Waals surface area contributed by atoms with Gasteiger partial charge in [0.2, 0.25) is 10.0 Å². The Morgan fingerprint density at radius 2 is 1.93 bits per heavy atom. The van der Waals surface area contributed by atoms with Crippen LogP contribution in [0.2, 0.25) is 5.02 Å². The van der Waals surface area contributed by atoms with Gasteiger partial charge in [-0.3, -0.25) is 9.10 Å². The van der Waals surface area contributed by atoms with Crippen molar-refractivity contribution in [3.8, 4) is 17.2 Å². The lowest BCUT2D eigenvalue weighted by Crippen LogP contribution is -2.49. The maximum absolute atomic E-state index is 12.9. The minimum absolute atomic E-state index is 0.0993. The Morgan fingerprint density at radius 3 is 2.59 bits per heavy atom. The van der Waals surface area contributed by atoms with Crippen molar-refractivity contribution < 1.29 is 27.4 Å². The average molecular weight is 441 g/mol. The Hall–Kier alpha value is -2.65. The molecule has 2 aromatic rings. The molecule has 1 atom stereocenters. The van der Waals surface area contributed by atoms with Crippen molar-refractivity contribution in [2.24, 2.45) is 0 Å². The molecule has 0 aromatic heterocycles. The number of nitrogens with one attached hydrogen (secondary N) is 1. The molecule has 0 fully saturated rings. The van der Waals surface area contributed by atoms with Gasteiger partial charge in [-0.2, -0.15) is 0 Å². The SMILES string of the molecule is CCS(=O)(=O)N1C[C@H](C(=O)Nc2cc(OC)c(Cl)cc2OC)Oc2ccccc21. The first-order valence-corrected chi connectivity index (χ1v) is 10.8. The third kappa shape index (κ3) is 4.20. The van der Waals surface area contributed by atoms with Crippen LogP contribution in [0.3, 0.4) is 0 Å². The maximum Gasteiger partial charge on any atom is 0.267 e. The number of rotatable bonds is 6. The van der Waals surface area contributed by atoms with Crippen LogP contribution in [0.4, 0.5) is 11.4 Å². The van der Waals surface area contributed by atoms with Gasteiger partial charge < -0.3 is 19.5 Å². The molecular weight excluding hydrogens is 420 g/mol. The monoisotopic (exact) mass is 440 g/mol. The van der Waals surface area contributed by atoms with Gasteiger partial charge in [-0.15, -0.1) is 0 Å². The van der Waals surface area contributed by atoms with E-state index in [1.807, 2.05) is 0 Å². The largest absolute Gasteiger partial charge is 0.495 e. The Labute approximate surface area is 174 Å². The molecule has 0 spiro atoms. The summed E-state index contributed by atoms with van der Waals surface area (Å²) >= 11 is 6.09. The number of sulfonamides is 1. The van der Waals surface area contributed by atoms with Gasteiger partial charge in [0.25, 0.3) is 5.91 Å². The molecule has 1 aliphatic rings. The summed E-state index contributed by atoms with van der Waals surface area (Å²) in [6.45, 7) is 1.40. The van der Waals surface area contributed by atoms with E-state index in [9.17, 15) is 13.2 Å². The third-order valence-corrected chi connectivity index (χ3v) is 6.50. The van der Waals surface area contributed by atoms with Gasteiger partial charge in [0.15, 0.2) is 6.10 Å². The van der Waals surface area contributed by atoms with E-state index in [-0.39, 0.29) is 12.3 Å². The number of hydrogen-bond acceptors (Lipinski definition) is 6. The van der Waals surface area contributed by atoms with E-state index >= 15 is 0 Å². The van der Waals surface area contributed by atoms with Crippen LogP contribution in [0, 0.1) is 0 Å². The number of ether oxygens (including phenoxy) is 3. The number of hydrogen-bond donors (Lipinski definition) is 1. The fraction of sp³-hybridized carbons (Fsp3) is 0.316. The second-order valence-electron chi connectivity index (χ2n) is 6.18. The van der Waals surface area contributed by atoms with Gasteiger partial charge in [0, 0.05) is 12.1 Å². The van der Waals surface area contributed by atoms with E-state index in [1.165, 1.54) is 30.7 Å². The standard InChI is InChI=1S/C19H21ClN2O6S/c1-4-29(24,25)22-11-18(28-15-8-6-5-7-14(15)22)19(23)21-13-10-16(26-2)12(20)9-17(13)27-3/h5-10,18H,4,11H2,1-3H3,(H,21,23)/t18-/m1/s1. The van der Waals surface area contributed by atoms with Gasteiger partial charge in [0.05, 0.1) is 42.9 Å². The predicted molar refractivity (Wildman–Crippen MR) is 111 cm³/mol. The summed E-state index contributed by atoms with van der Waals surface area (Å²) < 4.78 is 42.5. The molecule has 8 nitrogen and oxygen atoms in total. The molecule has 156 valence electrons. The molecular formula is C19H21ClN2O6S. The number of para-hydroxylation sites is 2. The second kappa shape index (κ2) is 8.38. The molecule has 1 heterocycles. The topological polar surface area (TPSA) is 94.2 Å². The number of benzene rings is 2. The summed E-state index contributed by atoms with van der Waals surface area (Å²) in [5.41, 5.74) is 0.732. The van der Waals surface area contributed by atoms with Crippen LogP contribution < -0.4 is 23.8 Å². The Balaban J connectivity index is 1.91. The van der Waals surface area contributed by atoms with Crippen LogP contribution in [-0.2, 0) is 14.8 Å². The zero-order valence-electron chi connectivity index (χ0n) is 16.1. The minimum atomic E-state index is -3.59. The molecule has 0 saturated heterocycles. The zero-order valence-corrected chi connectivity index (χ0v) is 17.7. The Bertz CT molecular complexity index is 1030. The minimum Gasteiger partial charge on any atom is -0.495 e. The van der Waals surface area contributed by atoms with E-state index in [2.05, 4.69) is 5.32 Å². The van der Waals surface area contributed by atoms with E-state index in [0.717, 1.165) is 0 Å². The molecule has 0 aliphatic carbocycles. The summed E-state index contributed by atoms with van der Waals surface area (Å²) in [4.78, 5) is 12.9. The van der Waals surface area contributed by atoms with Gasteiger partial charge >= 0.3 is 0 Å². The number of methoxy groups -OCH3 is 2. The quantitative estimate of drug-likeness (QED) is 0.742. The van der Waals surface area contributed by atoms with Crippen LogP contribution >= 0.6 is 11.6 Å². The number of fused-ring (bicyclic) bond motifs is 1. The molecule has 0 bridgehead atoms. The van der Waals surface area contributed by atoms with Crippen LogP contribution in [0.5, 0.6) is 17.2 Å². The fourth-order valence-corrected chi connectivity index (χ4v) is 4.28. The molecule has 10 heteroatoms. The molecule has 1 amide bonds. The van der Waals surface area contributed by atoms with Gasteiger partial charge in [-0.1, -0.05) is 23.7 Å². The van der Waals surface area contributed by atoms with Gasteiger partial charge in [0.1, 0.15) is 17.2 Å². The smallest absolute Gasteiger partial charge is 0.267 e.